The summed E-state index contributed by atoms with van der Waals surface area (Å²) in [6.45, 7) is 5.11. The van der Waals surface area contributed by atoms with Crippen molar-refractivity contribution in [2.75, 3.05) is 18.1 Å². The Morgan fingerprint density at radius 3 is 1.77 bits per heavy atom. The first-order valence-electron chi connectivity index (χ1n) is 13.6. The highest BCUT2D eigenvalue weighted by atomic mass is 32.2. The highest BCUT2D eigenvalue weighted by Crippen LogP contribution is 2.13. The van der Waals surface area contributed by atoms with Gasteiger partial charge in [0.15, 0.2) is 10.2 Å². The molecule has 4 atom stereocenters. The van der Waals surface area contributed by atoms with Crippen molar-refractivity contribution >= 4 is 57.4 Å². The van der Waals surface area contributed by atoms with Gasteiger partial charge in [0, 0.05) is 25.4 Å². The Morgan fingerprint density at radius 2 is 1.31 bits per heavy atom. The Kier molecular flexibility index (Phi) is 17.8. The van der Waals surface area contributed by atoms with E-state index in [1.807, 2.05) is 0 Å². The second-order valence-corrected chi connectivity index (χ2v) is 12.3. The summed E-state index contributed by atoms with van der Waals surface area (Å²) in [5.74, 6) is -1.17. The summed E-state index contributed by atoms with van der Waals surface area (Å²) in [6, 6.07) is -3.30. The van der Waals surface area contributed by atoms with Crippen molar-refractivity contribution in [1.29, 1.82) is 0 Å². The number of rotatable bonds is 19. The highest BCUT2D eigenvalue weighted by molar-refractivity contribution is 8.13. The Morgan fingerprint density at radius 1 is 0.795 bits per heavy atom. The van der Waals surface area contributed by atoms with Crippen LogP contribution in [0.3, 0.4) is 0 Å². The normalized spacial score (nSPS) is 17.1. The Labute approximate surface area is 239 Å². The maximum Gasteiger partial charge on any atom is 0.325 e. The molecule has 0 bridgehead atoms. The van der Waals surface area contributed by atoms with Crippen LogP contribution in [0.1, 0.15) is 85.0 Å². The number of nitrogens with one attached hydrogen (secondary N) is 4. The van der Waals surface area contributed by atoms with E-state index in [9.17, 15) is 33.9 Å². The summed E-state index contributed by atoms with van der Waals surface area (Å²) in [7, 11) is 0. The minimum absolute atomic E-state index is 0.0423. The average Bonchev–Trinajstić information content (AvgIpc) is 3.41. The van der Waals surface area contributed by atoms with Gasteiger partial charge in [-0.05, 0) is 52.0 Å². The molecule has 0 aromatic carbocycles. The van der Waals surface area contributed by atoms with Gasteiger partial charge >= 0.3 is 5.97 Å². The Hall–Kier alpha value is -2.12. The van der Waals surface area contributed by atoms with E-state index in [4.69, 9.17) is 0 Å². The number of hydrogen-bond acceptors (Lipinski definition) is 9. The topological polar surface area (TPSA) is 171 Å². The molecule has 5 N–H and O–H groups in total. The van der Waals surface area contributed by atoms with Gasteiger partial charge in [0.05, 0.1) is 6.04 Å². The van der Waals surface area contributed by atoms with Gasteiger partial charge in [-0.2, -0.15) is 0 Å². The largest absolute Gasteiger partial charge is 0.480 e. The smallest absolute Gasteiger partial charge is 0.325 e. The molecule has 0 unspecified atom stereocenters. The quantitative estimate of drug-likeness (QED) is 0.141. The van der Waals surface area contributed by atoms with Crippen LogP contribution in [0.2, 0.25) is 0 Å². The molecule has 1 rings (SSSR count). The molecule has 0 aromatic rings. The molecule has 222 valence electrons. The molecule has 11 nitrogen and oxygen atoms in total. The van der Waals surface area contributed by atoms with E-state index in [2.05, 4.69) is 21.3 Å². The first-order chi connectivity index (χ1) is 18.5. The van der Waals surface area contributed by atoms with Crippen LogP contribution in [0.4, 0.5) is 0 Å². The molecule has 13 heteroatoms. The van der Waals surface area contributed by atoms with E-state index in [1.165, 1.54) is 44.3 Å². The summed E-state index contributed by atoms with van der Waals surface area (Å²) in [5, 5.41) is 20.4. The number of carbonyl (C=O) groups excluding carboxylic acids is 5. The summed E-state index contributed by atoms with van der Waals surface area (Å²) >= 11 is 2.49. The van der Waals surface area contributed by atoms with E-state index in [0.29, 0.717) is 43.6 Å². The van der Waals surface area contributed by atoms with Crippen molar-refractivity contribution in [1.82, 2.24) is 21.3 Å². The lowest BCUT2D eigenvalue weighted by molar-refractivity contribution is -0.141. The van der Waals surface area contributed by atoms with E-state index in [1.54, 1.807) is 0 Å². The lowest BCUT2D eigenvalue weighted by Gasteiger charge is -2.25. The molecule has 0 saturated carbocycles. The molecule has 1 heterocycles. The predicted molar refractivity (Wildman–Crippen MR) is 153 cm³/mol. The second kappa shape index (κ2) is 19.9. The van der Waals surface area contributed by atoms with Crippen molar-refractivity contribution in [2.45, 2.75) is 109 Å². The van der Waals surface area contributed by atoms with Crippen molar-refractivity contribution in [3.63, 3.8) is 0 Å². The van der Waals surface area contributed by atoms with Gasteiger partial charge < -0.3 is 26.4 Å². The first-order valence-corrected chi connectivity index (χ1v) is 15.6. The third-order valence-electron chi connectivity index (χ3n) is 6.26. The summed E-state index contributed by atoms with van der Waals surface area (Å²) in [4.78, 5) is 72.4. The van der Waals surface area contributed by atoms with Gasteiger partial charge in [0.2, 0.25) is 17.7 Å². The summed E-state index contributed by atoms with van der Waals surface area (Å²) in [5.41, 5.74) is 0. The Bertz CT molecular complexity index is 837. The van der Waals surface area contributed by atoms with Crippen LogP contribution in [-0.2, 0) is 28.8 Å². The molecule has 3 amide bonds. The highest BCUT2D eigenvalue weighted by Gasteiger charge is 2.30. The molecule has 39 heavy (non-hydrogen) atoms. The van der Waals surface area contributed by atoms with Gasteiger partial charge in [-0.3, -0.25) is 28.8 Å². The third-order valence-corrected chi connectivity index (χ3v) is 8.06. The van der Waals surface area contributed by atoms with E-state index < -0.39 is 35.9 Å². The molecular formula is C26H44N4O7S2. The molecule has 0 spiro atoms. The fourth-order valence-corrected chi connectivity index (χ4v) is 5.32. The molecule has 1 aliphatic heterocycles. The lowest BCUT2D eigenvalue weighted by Crippen LogP contribution is -2.56. The fraction of sp³-hybridized carbons (Fsp3) is 0.769. The molecule has 0 aliphatic carbocycles. The number of amides is 3. The number of aliphatic carboxylic acids is 1. The van der Waals surface area contributed by atoms with Crippen molar-refractivity contribution < 1.29 is 33.9 Å². The molecule has 1 fully saturated rings. The van der Waals surface area contributed by atoms with E-state index in [-0.39, 0.29) is 22.2 Å². The maximum atomic E-state index is 13.3. The van der Waals surface area contributed by atoms with Gasteiger partial charge in [0.1, 0.15) is 18.1 Å². The van der Waals surface area contributed by atoms with Crippen LogP contribution < -0.4 is 21.3 Å². The molecule has 1 aliphatic rings. The number of carboxylic acids is 1. The summed E-state index contributed by atoms with van der Waals surface area (Å²) in [6.07, 6.45) is 6.55. The SMILES string of the molecule is CC(=O)SCCCCC[C@H](NC(=O)[C@H](CCCCCSC(C)=O)NC(=O)[C@@H]1CCCN1)C(=O)N[C@@H](C)C(=O)O. The van der Waals surface area contributed by atoms with Crippen molar-refractivity contribution in [3.8, 4) is 0 Å². The summed E-state index contributed by atoms with van der Waals surface area (Å²) < 4.78 is 0. The van der Waals surface area contributed by atoms with Crippen molar-refractivity contribution in [3.05, 3.63) is 0 Å². The maximum absolute atomic E-state index is 13.3. The van der Waals surface area contributed by atoms with Gasteiger partial charge in [-0.25, -0.2) is 0 Å². The predicted octanol–water partition coefficient (Wildman–Crippen LogP) is 1.98. The molecule has 0 aromatic heterocycles. The van der Waals surface area contributed by atoms with E-state index in [0.717, 1.165) is 38.6 Å². The zero-order valence-electron chi connectivity index (χ0n) is 23.2. The number of carboxylic acid groups (broad SMARTS) is 1. The number of hydrogen-bond donors (Lipinski definition) is 5. The molecule has 0 radical (unpaired) electrons. The Balaban J connectivity index is 2.82. The van der Waals surface area contributed by atoms with Crippen LogP contribution in [0.5, 0.6) is 0 Å². The van der Waals surface area contributed by atoms with Gasteiger partial charge in [-0.1, -0.05) is 49.2 Å². The van der Waals surface area contributed by atoms with Crippen molar-refractivity contribution in [2.24, 2.45) is 0 Å². The van der Waals surface area contributed by atoms with Crippen LogP contribution in [-0.4, -0.2) is 81.2 Å². The number of unbranched alkanes of at least 4 members (excludes halogenated alkanes) is 4. The van der Waals surface area contributed by atoms with Gasteiger partial charge in [-0.15, -0.1) is 0 Å². The number of carbonyl (C=O) groups is 6. The average molecular weight is 589 g/mol. The molecule has 1 saturated heterocycles. The van der Waals surface area contributed by atoms with Crippen LogP contribution in [0.15, 0.2) is 0 Å². The standard InChI is InChI=1S/C26H44N4O7S2/c1-17(26(36)37)28-24(34)21(11-6-4-8-15-38-18(2)31)30-25(35)22(12-7-5-9-16-39-19(3)32)29-23(33)20-13-10-14-27-20/h17,20-22,27H,4-16H2,1-3H3,(H,28,34)(H,29,33)(H,30,35)(H,36,37)/t17-,20-,21-,22-/m0/s1. The minimum atomic E-state index is -1.19. The molecular weight excluding hydrogens is 544 g/mol. The fourth-order valence-electron chi connectivity index (χ4n) is 4.05. The second-order valence-electron chi connectivity index (χ2n) is 9.72. The number of thioether (sulfide) groups is 2. The zero-order chi connectivity index (χ0) is 29.2. The monoisotopic (exact) mass is 588 g/mol. The third kappa shape index (κ3) is 15.9. The lowest BCUT2D eigenvalue weighted by atomic mass is 10.0. The zero-order valence-corrected chi connectivity index (χ0v) is 24.8. The van der Waals surface area contributed by atoms with Crippen LogP contribution in [0, 0.1) is 0 Å². The van der Waals surface area contributed by atoms with Gasteiger partial charge in [0.25, 0.3) is 0 Å². The van der Waals surface area contributed by atoms with Crippen LogP contribution in [0.25, 0.3) is 0 Å². The minimum Gasteiger partial charge on any atom is -0.480 e. The van der Waals surface area contributed by atoms with E-state index >= 15 is 0 Å². The van der Waals surface area contributed by atoms with Crippen LogP contribution >= 0.6 is 23.5 Å². The first kappa shape index (κ1) is 34.9.